The third kappa shape index (κ3) is 5.00. The summed E-state index contributed by atoms with van der Waals surface area (Å²) in [6, 6.07) is 15.4. The highest BCUT2D eigenvalue weighted by Crippen LogP contribution is 2.17. The van der Waals surface area contributed by atoms with Crippen LogP contribution < -0.4 is 10.1 Å². The fourth-order valence-corrected chi connectivity index (χ4v) is 3.57. The van der Waals surface area contributed by atoms with Crippen LogP contribution in [0.5, 0.6) is 5.75 Å². The molecule has 0 bridgehead atoms. The van der Waals surface area contributed by atoms with E-state index in [0.29, 0.717) is 26.2 Å². The molecule has 1 aliphatic rings. The van der Waals surface area contributed by atoms with Crippen molar-refractivity contribution in [2.45, 2.75) is 20.4 Å². The number of ether oxygens (including phenoxy) is 1. The standard InChI is InChI=1S/C22H27N7O2/c1-3-31-19-10-8-18(9-11-19)29-21(24-25-26-29)16-27-12-14-28(15-13-27)22(30)23-20-7-5-4-6-17(20)2/h4-11H,3,12-16H2,1-2H3,(H,23,30). The molecule has 3 aromatic rings. The lowest BCUT2D eigenvalue weighted by Gasteiger charge is -2.34. The van der Waals surface area contributed by atoms with Crippen molar-refractivity contribution in [2.75, 3.05) is 38.1 Å². The van der Waals surface area contributed by atoms with E-state index in [0.717, 1.165) is 41.6 Å². The van der Waals surface area contributed by atoms with Crippen molar-refractivity contribution in [3.05, 3.63) is 59.9 Å². The van der Waals surface area contributed by atoms with Crippen molar-refractivity contribution in [3.8, 4) is 11.4 Å². The van der Waals surface area contributed by atoms with Gasteiger partial charge in [-0.05, 0) is 60.2 Å². The molecule has 2 heterocycles. The van der Waals surface area contributed by atoms with Crippen LogP contribution in [-0.4, -0.2) is 68.8 Å². The highest BCUT2D eigenvalue weighted by atomic mass is 16.5. The minimum absolute atomic E-state index is 0.0619. The Balaban J connectivity index is 1.33. The third-order valence-corrected chi connectivity index (χ3v) is 5.34. The SMILES string of the molecule is CCOc1ccc(-n2nnnc2CN2CCN(C(=O)Nc3ccccc3C)CC2)cc1. The number of anilines is 1. The van der Waals surface area contributed by atoms with E-state index in [-0.39, 0.29) is 6.03 Å². The van der Waals surface area contributed by atoms with E-state index in [1.807, 2.05) is 67.3 Å². The smallest absolute Gasteiger partial charge is 0.321 e. The Hall–Kier alpha value is -3.46. The zero-order chi connectivity index (χ0) is 21.6. The number of tetrazole rings is 1. The van der Waals surface area contributed by atoms with Crippen molar-refractivity contribution in [3.63, 3.8) is 0 Å². The van der Waals surface area contributed by atoms with Crippen LogP contribution in [0.3, 0.4) is 0 Å². The van der Waals surface area contributed by atoms with Crippen LogP contribution in [0.2, 0.25) is 0 Å². The average molecular weight is 422 g/mol. The van der Waals surface area contributed by atoms with Gasteiger partial charge in [0.1, 0.15) is 5.75 Å². The van der Waals surface area contributed by atoms with Crippen LogP contribution in [0.15, 0.2) is 48.5 Å². The second-order valence-electron chi connectivity index (χ2n) is 7.44. The number of hydrogen-bond acceptors (Lipinski definition) is 6. The molecule has 2 aromatic carbocycles. The molecule has 9 nitrogen and oxygen atoms in total. The molecule has 2 amide bonds. The molecule has 0 radical (unpaired) electrons. The Morgan fingerprint density at radius 3 is 2.52 bits per heavy atom. The molecule has 31 heavy (non-hydrogen) atoms. The summed E-state index contributed by atoms with van der Waals surface area (Å²) in [5, 5.41) is 15.2. The van der Waals surface area contributed by atoms with Gasteiger partial charge in [0.15, 0.2) is 5.82 Å². The Bertz CT molecular complexity index is 1010. The van der Waals surface area contributed by atoms with Crippen molar-refractivity contribution in [1.29, 1.82) is 0 Å². The number of hydrogen-bond donors (Lipinski definition) is 1. The second-order valence-corrected chi connectivity index (χ2v) is 7.44. The summed E-state index contributed by atoms with van der Waals surface area (Å²) in [4.78, 5) is 16.7. The van der Waals surface area contributed by atoms with E-state index >= 15 is 0 Å². The molecule has 1 N–H and O–H groups in total. The van der Waals surface area contributed by atoms with Gasteiger partial charge >= 0.3 is 6.03 Å². The fourth-order valence-electron chi connectivity index (χ4n) is 3.57. The van der Waals surface area contributed by atoms with Gasteiger partial charge in [-0.1, -0.05) is 18.2 Å². The predicted octanol–water partition coefficient (Wildman–Crippen LogP) is 2.72. The van der Waals surface area contributed by atoms with Crippen LogP contribution in [0.25, 0.3) is 5.69 Å². The number of urea groups is 1. The van der Waals surface area contributed by atoms with Crippen LogP contribution in [0.1, 0.15) is 18.3 Å². The molecule has 4 rings (SSSR count). The van der Waals surface area contributed by atoms with E-state index in [1.165, 1.54) is 0 Å². The quantitative estimate of drug-likeness (QED) is 0.658. The lowest BCUT2D eigenvalue weighted by atomic mass is 10.2. The van der Waals surface area contributed by atoms with E-state index in [4.69, 9.17) is 4.74 Å². The van der Waals surface area contributed by atoms with E-state index in [1.54, 1.807) is 4.68 Å². The first kappa shape index (κ1) is 20.8. The Morgan fingerprint density at radius 2 is 1.81 bits per heavy atom. The summed E-state index contributed by atoms with van der Waals surface area (Å²) in [7, 11) is 0. The number of piperazine rings is 1. The molecule has 0 atom stereocenters. The van der Waals surface area contributed by atoms with Gasteiger partial charge in [0, 0.05) is 31.9 Å². The van der Waals surface area contributed by atoms with Gasteiger partial charge in [-0.25, -0.2) is 4.79 Å². The maximum Gasteiger partial charge on any atom is 0.321 e. The molecule has 0 saturated carbocycles. The zero-order valence-corrected chi connectivity index (χ0v) is 17.9. The molecule has 0 unspecified atom stereocenters. The summed E-state index contributed by atoms with van der Waals surface area (Å²) in [6.07, 6.45) is 0. The lowest BCUT2D eigenvalue weighted by molar-refractivity contribution is 0.140. The van der Waals surface area contributed by atoms with Gasteiger partial charge in [-0.3, -0.25) is 4.90 Å². The van der Waals surface area contributed by atoms with Crippen LogP contribution in [0, 0.1) is 6.92 Å². The Morgan fingerprint density at radius 1 is 1.06 bits per heavy atom. The minimum Gasteiger partial charge on any atom is -0.494 e. The molecule has 1 fully saturated rings. The lowest BCUT2D eigenvalue weighted by Crippen LogP contribution is -2.49. The number of carbonyl (C=O) groups excluding carboxylic acids is 1. The van der Waals surface area contributed by atoms with E-state index < -0.39 is 0 Å². The van der Waals surface area contributed by atoms with Crippen molar-refractivity contribution < 1.29 is 9.53 Å². The maximum atomic E-state index is 12.6. The topological polar surface area (TPSA) is 88.4 Å². The number of benzene rings is 2. The summed E-state index contributed by atoms with van der Waals surface area (Å²) < 4.78 is 7.24. The van der Waals surface area contributed by atoms with Gasteiger partial charge in [0.05, 0.1) is 18.8 Å². The number of nitrogens with one attached hydrogen (secondary N) is 1. The van der Waals surface area contributed by atoms with Crippen molar-refractivity contribution in [2.24, 2.45) is 0 Å². The first-order valence-electron chi connectivity index (χ1n) is 10.5. The molecule has 1 aromatic heterocycles. The fraction of sp³-hybridized carbons (Fsp3) is 0.364. The highest BCUT2D eigenvalue weighted by molar-refractivity contribution is 5.90. The number of para-hydroxylation sites is 1. The first-order chi connectivity index (χ1) is 15.1. The van der Waals surface area contributed by atoms with Gasteiger partial charge < -0.3 is 15.0 Å². The first-order valence-corrected chi connectivity index (χ1v) is 10.5. The van der Waals surface area contributed by atoms with Crippen LogP contribution in [0.4, 0.5) is 10.5 Å². The molecule has 1 aliphatic heterocycles. The minimum atomic E-state index is -0.0619. The summed E-state index contributed by atoms with van der Waals surface area (Å²) in [5.41, 5.74) is 2.79. The number of aromatic nitrogens is 4. The molecule has 1 saturated heterocycles. The number of aryl methyl sites for hydroxylation is 1. The van der Waals surface area contributed by atoms with E-state index in [2.05, 4.69) is 25.7 Å². The number of carbonyl (C=O) groups is 1. The average Bonchev–Trinajstić information content (AvgIpc) is 3.25. The number of nitrogens with zero attached hydrogens (tertiary/aromatic N) is 6. The summed E-state index contributed by atoms with van der Waals surface area (Å²) in [6.45, 7) is 8.03. The molecular weight excluding hydrogens is 394 g/mol. The number of rotatable bonds is 6. The highest BCUT2D eigenvalue weighted by Gasteiger charge is 2.23. The monoisotopic (exact) mass is 421 g/mol. The van der Waals surface area contributed by atoms with Crippen LogP contribution in [-0.2, 0) is 6.54 Å². The van der Waals surface area contributed by atoms with Crippen LogP contribution >= 0.6 is 0 Å². The van der Waals surface area contributed by atoms with Gasteiger partial charge in [-0.15, -0.1) is 5.10 Å². The normalized spacial score (nSPS) is 14.5. The van der Waals surface area contributed by atoms with Gasteiger partial charge in [0.25, 0.3) is 0 Å². The summed E-state index contributed by atoms with van der Waals surface area (Å²) in [5.74, 6) is 1.59. The second kappa shape index (κ2) is 9.57. The molecular formula is C22H27N7O2. The maximum absolute atomic E-state index is 12.6. The zero-order valence-electron chi connectivity index (χ0n) is 17.9. The van der Waals surface area contributed by atoms with Gasteiger partial charge in [0.2, 0.25) is 0 Å². The third-order valence-electron chi connectivity index (χ3n) is 5.34. The molecule has 0 aliphatic carbocycles. The van der Waals surface area contributed by atoms with Gasteiger partial charge in [-0.2, -0.15) is 4.68 Å². The van der Waals surface area contributed by atoms with Crippen molar-refractivity contribution >= 4 is 11.7 Å². The van der Waals surface area contributed by atoms with Crippen molar-refractivity contribution in [1.82, 2.24) is 30.0 Å². The Labute approximate surface area is 181 Å². The molecule has 0 spiro atoms. The summed E-state index contributed by atoms with van der Waals surface area (Å²) >= 11 is 0. The molecule has 162 valence electrons. The Kier molecular flexibility index (Phi) is 6.42. The largest absolute Gasteiger partial charge is 0.494 e. The molecule has 9 heteroatoms. The van der Waals surface area contributed by atoms with E-state index in [9.17, 15) is 4.79 Å². The predicted molar refractivity (Wildman–Crippen MR) is 117 cm³/mol. The number of amides is 2.